The summed E-state index contributed by atoms with van der Waals surface area (Å²) < 4.78 is 5.41. The first-order valence-electron chi connectivity index (χ1n) is 9.75. The van der Waals surface area contributed by atoms with Gasteiger partial charge >= 0.3 is 0 Å². The number of carbonyl (C=O) groups excluding carboxylic acids is 2. The number of carbonyl (C=O) groups is 2. The fourth-order valence-electron chi connectivity index (χ4n) is 4.21. The lowest BCUT2D eigenvalue weighted by atomic mass is 9.84. The molecule has 2 aromatic rings. The van der Waals surface area contributed by atoms with E-state index in [1.165, 1.54) is 18.9 Å². The number of aromatic amines is 1. The van der Waals surface area contributed by atoms with Crippen LogP contribution in [0.5, 0.6) is 0 Å². The lowest BCUT2D eigenvalue weighted by Crippen LogP contribution is -2.38. The Morgan fingerprint density at radius 3 is 2.59 bits per heavy atom. The molecule has 6 nitrogen and oxygen atoms in total. The predicted octanol–water partition coefficient (Wildman–Crippen LogP) is 3.33. The number of furan rings is 1. The van der Waals surface area contributed by atoms with E-state index in [0.29, 0.717) is 24.1 Å². The molecule has 0 aliphatic heterocycles. The summed E-state index contributed by atoms with van der Waals surface area (Å²) in [4.78, 5) is 40.5. The van der Waals surface area contributed by atoms with Crippen LogP contribution in [0.25, 0.3) is 0 Å². The van der Waals surface area contributed by atoms with E-state index >= 15 is 0 Å². The summed E-state index contributed by atoms with van der Waals surface area (Å²) in [6.45, 7) is 0. The molecule has 0 spiro atoms. The van der Waals surface area contributed by atoms with Crippen molar-refractivity contribution in [2.75, 3.05) is 0 Å². The summed E-state index contributed by atoms with van der Waals surface area (Å²) in [6, 6.07) is 5.21. The van der Waals surface area contributed by atoms with E-state index in [0.717, 1.165) is 31.4 Å². The van der Waals surface area contributed by atoms with Crippen molar-refractivity contribution in [3.63, 3.8) is 0 Å². The molecule has 0 bridgehead atoms. The smallest absolute Gasteiger partial charge is 0.261 e. The molecule has 1 saturated carbocycles. The van der Waals surface area contributed by atoms with E-state index in [2.05, 4.69) is 10.3 Å². The summed E-state index contributed by atoms with van der Waals surface area (Å²) in [7, 11) is 0. The molecule has 142 valence electrons. The maximum atomic E-state index is 12.6. The van der Waals surface area contributed by atoms with Crippen LogP contribution in [0.1, 0.15) is 83.0 Å². The van der Waals surface area contributed by atoms with Gasteiger partial charge in [0.15, 0.2) is 5.78 Å². The van der Waals surface area contributed by atoms with Crippen LogP contribution in [0.2, 0.25) is 0 Å². The SMILES string of the molecule is O=C1CC(c2ccco2)Cc2[nH]c(=O)c(C(=O)NC3CCCCCC3)cc21. The van der Waals surface area contributed by atoms with Gasteiger partial charge in [-0.15, -0.1) is 0 Å². The number of fused-ring (bicyclic) bond motifs is 1. The van der Waals surface area contributed by atoms with Gasteiger partial charge in [0.2, 0.25) is 0 Å². The molecule has 1 amide bonds. The quantitative estimate of drug-likeness (QED) is 0.813. The van der Waals surface area contributed by atoms with Crippen LogP contribution in [0.3, 0.4) is 0 Å². The highest BCUT2D eigenvalue weighted by Crippen LogP contribution is 2.31. The zero-order chi connectivity index (χ0) is 18.8. The Balaban J connectivity index is 1.56. The van der Waals surface area contributed by atoms with Crippen LogP contribution in [0.15, 0.2) is 33.7 Å². The van der Waals surface area contributed by atoms with Gasteiger partial charge in [0.05, 0.1) is 6.26 Å². The Bertz CT molecular complexity index is 889. The van der Waals surface area contributed by atoms with Crippen molar-refractivity contribution in [1.29, 1.82) is 0 Å². The van der Waals surface area contributed by atoms with Crippen molar-refractivity contribution in [1.82, 2.24) is 10.3 Å². The summed E-state index contributed by atoms with van der Waals surface area (Å²) in [5.41, 5.74) is 0.627. The zero-order valence-electron chi connectivity index (χ0n) is 15.3. The molecule has 6 heteroatoms. The molecule has 2 N–H and O–H groups in total. The van der Waals surface area contributed by atoms with E-state index in [1.54, 1.807) is 12.3 Å². The van der Waals surface area contributed by atoms with Gasteiger partial charge in [-0.25, -0.2) is 0 Å². The Labute approximate surface area is 157 Å². The molecule has 0 saturated heterocycles. The second-order valence-corrected chi connectivity index (χ2v) is 7.61. The largest absolute Gasteiger partial charge is 0.469 e. The first kappa shape index (κ1) is 17.8. The van der Waals surface area contributed by atoms with E-state index < -0.39 is 5.56 Å². The number of amides is 1. The molecule has 0 aromatic carbocycles. The topological polar surface area (TPSA) is 92.2 Å². The van der Waals surface area contributed by atoms with Crippen molar-refractivity contribution in [3.05, 3.63) is 57.4 Å². The number of pyridine rings is 1. The number of H-pyrrole nitrogens is 1. The van der Waals surface area contributed by atoms with Crippen LogP contribution in [-0.2, 0) is 6.42 Å². The Morgan fingerprint density at radius 2 is 1.89 bits per heavy atom. The third kappa shape index (κ3) is 3.75. The molecule has 4 rings (SSSR count). The van der Waals surface area contributed by atoms with Crippen LogP contribution >= 0.6 is 0 Å². The predicted molar refractivity (Wildman–Crippen MR) is 100 cm³/mol. The van der Waals surface area contributed by atoms with Gasteiger partial charge in [-0.2, -0.15) is 0 Å². The van der Waals surface area contributed by atoms with Crippen molar-refractivity contribution < 1.29 is 14.0 Å². The summed E-state index contributed by atoms with van der Waals surface area (Å²) in [5, 5.41) is 2.98. The van der Waals surface area contributed by atoms with E-state index in [1.807, 2.05) is 6.07 Å². The van der Waals surface area contributed by atoms with Crippen molar-refractivity contribution in [2.24, 2.45) is 0 Å². The van der Waals surface area contributed by atoms with Crippen LogP contribution in [-0.4, -0.2) is 22.7 Å². The van der Waals surface area contributed by atoms with Gasteiger partial charge in [-0.1, -0.05) is 25.7 Å². The second kappa shape index (κ2) is 7.55. The summed E-state index contributed by atoms with van der Waals surface area (Å²) in [5.74, 6) is 0.204. The molecular formula is C21H24N2O4. The third-order valence-corrected chi connectivity index (χ3v) is 5.69. The average Bonchev–Trinajstić information content (AvgIpc) is 3.07. The number of hydrogen-bond acceptors (Lipinski definition) is 4. The monoisotopic (exact) mass is 368 g/mol. The first-order valence-corrected chi connectivity index (χ1v) is 9.75. The summed E-state index contributed by atoms with van der Waals surface area (Å²) in [6.07, 6.45) is 8.88. The standard InChI is InChI=1S/C21H24N2O4/c24-18-11-13(19-8-5-9-27-19)10-17-15(18)12-16(21(26)23-17)20(25)22-14-6-3-1-2-4-7-14/h5,8-9,12-14H,1-4,6-7,10-11H2,(H,22,25)(H,23,26). The molecule has 1 atom stereocenters. The van der Waals surface area contributed by atoms with Crippen LogP contribution in [0, 0.1) is 0 Å². The summed E-state index contributed by atoms with van der Waals surface area (Å²) >= 11 is 0. The van der Waals surface area contributed by atoms with Gasteiger partial charge in [-0.05, 0) is 37.5 Å². The highest BCUT2D eigenvalue weighted by atomic mass is 16.3. The number of ketones is 1. The zero-order valence-corrected chi connectivity index (χ0v) is 15.3. The minimum atomic E-state index is -0.437. The molecule has 2 aliphatic carbocycles. The lowest BCUT2D eigenvalue weighted by Gasteiger charge is -2.22. The second-order valence-electron chi connectivity index (χ2n) is 7.61. The van der Waals surface area contributed by atoms with Crippen LogP contribution < -0.4 is 10.9 Å². The van der Waals surface area contributed by atoms with Crippen molar-refractivity contribution >= 4 is 11.7 Å². The number of rotatable bonds is 3. The van der Waals surface area contributed by atoms with Gasteiger partial charge < -0.3 is 14.7 Å². The first-order chi connectivity index (χ1) is 13.1. The highest BCUT2D eigenvalue weighted by Gasteiger charge is 2.30. The molecule has 0 radical (unpaired) electrons. The van der Waals surface area contributed by atoms with Crippen molar-refractivity contribution in [2.45, 2.75) is 63.3 Å². The Morgan fingerprint density at radius 1 is 1.11 bits per heavy atom. The highest BCUT2D eigenvalue weighted by molar-refractivity contribution is 6.02. The fourth-order valence-corrected chi connectivity index (χ4v) is 4.21. The molecule has 2 aromatic heterocycles. The van der Waals surface area contributed by atoms with E-state index in [4.69, 9.17) is 4.42 Å². The van der Waals surface area contributed by atoms with Crippen molar-refractivity contribution in [3.8, 4) is 0 Å². The molecule has 27 heavy (non-hydrogen) atoms. The molecule has 2 aliphatic rings. The average molecular weight is 368 g/mol. The Kier molecular flexibility index (Phi) is 4.97. The minimum absolute atomic E-state index is 0.0304. The number of Topliss-reactive ketones (excluding diaryl/α,β-unsaturated/α-hetero) is 1. The number of aromatic nitrogens is 1. The normalized spacial score (nSPS) is 20.7. The molecule has 1 fully saturated rings. The van der Waals surface area contributed by atoms with Crippen LogP contribution in [0.4, 0.5) is 0 Å². The molecular weight excluding hydrogens is 344 g/mol. The van der Waals surface area contributed by atoms with Gasteiger partial charge in [0, 0.05) is 29.6 Å². The maximum Gasteiger partial charge on any atom is 0.261 e. The third-order valence-electron chi connectivity index (χ3n) is 5.69. The Hall–Kier alpha value is -2.63. The van der Waals surface area contributed by atoms with Gasteiger partial charge in [-0.3, -0.25) is 14.4 Å². The fraction of sp³-hybridized carbons (Fsp3) is 0.476. The number of nitrogens with one attached hydrogen (secondary N) is 2. The van der Waals surface area contributed by atoms with Gasteiger partial charge in [0.25, 0.3) is 11.5 Å². The van der Waals surface area contributed by atoms with E-state index in [9.17, 15) is 14.4 Å². The van der Waals surface area contributed by atoms with E-state index in [-0.39, 0.29) is 29.2 Å². The number of hydrogen-bond donors (Lipinski definition) is 2. The minimum Gasteiger partial charge on any atom is -0.469 e. The molecule has 2 heterocycles. The molecule has 1 unspecified atom stereocenters. The maximum absolute atomic E-state index is 12.6. The van der Waals surface area contributed by atoms with Gasteiger partial charge in [0.1, 0.15) is 11.3 Å². The lowest BCUT2D eigenvalue weighted by molar-refractivity contribution is 0.0931.